The number of nitrogens with zero attached hydrogens (tertiary/aromatic N) is 3. The highest BCUT2D eigenvalue weighted by molar-refractivity contribution is 7.88. The molecule has 0 bridgehead atoms. The van der Waals surface area contributed by atoms with Gasteiger partial charge in [-0.05, 0) is 24.6 Å². The molecule has 0 atom stereocenters. The minimum absolute atomic E-state index is 0.00279. The summed E-state index contributed by atoms with van der Waals surface area (Å²) in [6, 6.07) is 9.52. The Bertz CT molecular complexity index is 815. The van der Waals surface area contributed by atoms with Gasteiger partial charge in [0.2, 0.25) is 10.0 Å². The molecule has 1 aromatic heterocycles. The summed E-state index contributed by atoms with van der Waals surface area (Å²) in [4.78, 5) is 6.60. The van der Waals surface area contributed by atoms with Gasteiger partial charge in [-0.1, -0.05) is 30.3 Å². The molecule has 24 heavy (non-hydrogen) atoms. The monoisotopic (exact) mass is 345 g/mol. The zero-order valence-electron chi connectivity index (χ0n) is 13.8. The first-order valence-electron chi connectivity index (χ1n) is 8.24. The van der Waals surface area contributed by atoms with E-state index < -0.39 is 10.0 Å². The van der Waals surface area contributed by atoms with Crippen LogP contribution in [-0.2, 0) is 15.8 Å². The topological polar surface area (TPSA) is 53.5 Å². The fraction of sp³-hybridized carbons (Fsp3) is 0.389. The number of para-hydroxylation sites is 1. The van der Waals surface area contributed by atoms with Crippen molar-refractivity contribution in [2.75, 3.05) is 32.7 Å². The predicted octanol–water partition coefficient (Wildman–Crippen LogP) is 2.26. The molecule has 0 spiro atoms. The van der Waals surface area contributed by atoms with Crippen molar-refractivity contribution in [3.05, 3.63) is 54.7 Å². The second-order valence-corrected chi connectivity index (χ2v) is 8.06. The van der Waals surface area contributed by atoms with Crippen molar-refractivity contribution in [2.45, 2.75) is 12.2 Å². The highest BCUT2D eigenvalue weighted by atomic mass is 32.2. The lowest BCUT2D eigenvalue weighted by Crippen LogP contribution is -2.36. The standard InChI is InChI=1S/C18H23N3O2S/c1-2-10-20-11-5-12-21(14-13-20)24(22,23)15-17-7-3-6-16-8-4-9-19-18(16)17/h2-4,6-9H,1,5,10-15H2. The van der Waals surface area contributed by atoms with Gasteiger partial charge in [-0.3, -0.25) is 9.88 Å². The maximum Gasteiger partial charge on any atom is 0.218 e. The minimum Gasteiger partial charge on any atom is -0.298 e. The summed E-state index contributed by atoms with van der Waals surface area (Å²) in [6.07, 6.45) is 4.42. The molecule has 0 N–H and O–H groups in total. The smallest absolute Gasteiger partial charge is 0.218 e. The molecule has 1 aromatic carbocycles. The highest BCUT2D eigenvalue weighted by Crippen LogP contribution is 2.20. The molecule has 5 nitrogen and oxygen atoms in total. The van der Waals surface area contributed by atoms with E-state index in [4.69, 9.17) is 0 Å². The summed E-state index contributed by atoms with van der Waals surface area (Å²) >= 11 is 0. The molecule has 0 aliphatic carbocycles. The van der Waals surface area contributed by atoms with Crippen molar-refractivity contribution in [1.29, 1.82) is 0 Å². The van der Waals surface area contributed by atoms with Gasteiger partial charge in [-0.25, -0.2) is 12.7 Å². The van der Waals surface area contributed by atoms with Crippen LogP contribution >= 0.6 is 0 Å². The summed E-state index contributed by atoms with van der Waals surface area (Å²) in [5.41, 5.74) is 1.53. The first-order valence-corrected chi connectivity index (χ1v) is 9.85. The van der Waals surface area contributed by atoms with Gasteiger partial charge in [0.05, 0.1) is 11.3 Å². The van der Waals surface area contributed by atoms with E-state index >= 15 is 0 Å². The molecule has 1 aliphatic rings. The normalized spacial score (nSPS) is 17.7. The summed E-state index contributed by atoms with van der Waals surface area (Å²) < 4.78 is 27.4. The maximum atomic E-state index is 12.9. The Hall–Kier alpha value is -1.76. The molecule has 1 fully saturated rings. The van der Waals surface area contributed by atoms with Gasteiger partial charge in [-0.15, -0.1) is 6.58 Å². The number of hydrogen-bond donors (Lipinski definition) is 0. The Morgan fingerprint density at radius 2 is 1.96 bits per heavy atom. The number of fused-ring (bicyclic) bond motifs is 1. The van der Waals surface area contributed by atoms with Gasteiger partial charge in [0.15, 0.2) is 0 Å². The number of benzene rings is 1. The molecule has 2 aromatic rings. The van der Waals surface area contributed by atoms with Crippen LogP contribution in [0.25, 0.3) is 10.9 Å². The van der Waals surface area contributed by atoms with E-state index in [0.29, 0.717) is 13.1 Å². The summed E-state index contributed by atoms with van der Waals surface area (Å²) in [6.45, 7) is 7.34. The van der Waals surface area contributed by atoms with Gasteiger partial charge >= 0.3 is 0 Å². The Kier molecular flexibility index (Phi) is 5.28. The molecule has 0 saturated carbocycles. The van der Waals surface area contributed by atoms with Crippen LogP contribution in [0.4, 0.5) is 0 Å². The molecule has 3 rings (SSSR count). The van der Waals surface area contributed by atoms with Gasteiger partial charge in [0.25, 0.3) is 0 Å². The largest absolute Gasteiger partial charge is 0.298 e. The molecule has 0 amide bonds. The number of rotatable bonds is 5. The lowest BCUT2D eigenvalue weighted by Gasteiger charge is -2.21. The van der Waals surface area contributed by atoms with Gasteiger partial charge in [-0.2, -0.15) is 0 Å². The molecular formula is C18H23N3O2S. The number of hydrogen-bond acceptors (Lipinski definition) is 4. The fourth-order valence-corrected chi connectivity index (χ4v) is 4.74. The lowest BCUT2D eigenvalue weighted by molar-refractivity contribution is 0.316. The Morgan fingerprint density at radius 3 is 2.79 bits per heavy atom. The van der Waals surface area contributed by atoms with Crippen molar-refractivity contribution in [3.8, 4) is 0 Å². The van der Waals surface area contributed by atoms with Crippen LogP contribution in [-0.4, -0.2) is 55.3 Å². The third kappa shape index (κ3) is 3.83. The van der Waals surface area contributed by atoms with E-state index in [1.165, 1.54) is 0 Å². The van der Waals surface area contributed by atoms with Crippen LogP contribution in [0.2, 0.25) is 0 Å². The first-order chi connectivity index (χ1) is 11.6. The molecule has 1 saturated heterocycles. The van der Waals surface area contributed by atoms with Gasteiger partial charge < -0.3 is 0 Å². The molecule has 2 heterocycles. The van der Waals surface area contributed by atoms with E-state index in [9.17, 15) is 8.42 Å². The quantitative estimate of drug-likeness (QED) is 0.780. The molecule has 0 unspecified atom stereocenters. The SMILES string of the molecule is C=CCN1CCCN(S(=O)(=O)Cc2cccc3cccnc23)CC1. The van der Waals surface area contributed by atoms with Crippen molar-refractivity contribution in [1.82, 2.24) is 14.2 Å². The van der Waals surface area contributed by atoms with E-state index in [-0.39, 0.29) is 5.75 Å². The van der Waals surface area contributed by atoms with E-state index in [1.807, 2.05) is 36.4 Å². The minimum atomic E-state index is -3.35. The first kappa shape index (κ1) is 17.1. The predicted molar refractivity (Wildman–Crippen MR) is 97.2 cm³/mol. The zero-order chi connectivity index (χ0) is 17.0. The second kappa shape index (κ2) is 7.42. The van der Waals surface area contributed by atoms with E-state index in [2.05, 4.69) is 16.5 Å². The zero-order valence-corrected chi connectivity index (χ0v) is 14.6. The van der Waals surface area contributed by atoms with Crippen LogP contribution in [0.3, 0.4) is 0 Å². The van der Waals surface area contributed by atoms with Crippen molar-refractivity contribution in [3.63, 3.8) is 0 Å². The third-order valence-corrected chi connectivity index (χ3v) is 6.21. The van der Waals surface area contributed by atoms with Crippen molar-refractivity contribution < 1.29 is 8.42 Å². The van der Waals surface area contributed by atoms with E-state index in [1.54, 1.807) is 10.5 Å². The van der Waals surface area contributed by atoms with Crippen LogP contribution in [0.1, 0.15) is 12.0 Å². The summed E-state index contributed by atoms with van der Waals surface area (Å²) in [5.74, 6) is 0.00279. The molecule has 1 aliphatic heterocycles. The average Bonchev–Trinajstić information content (AvgIpc) is 2.82. The van der Waals surface area contributed by atoms with Gasteiger partial charge in [0, 0.05) is 37.8 Å². The fourth-order valence-electron chi connectivity index (χ4n) is 3.16. The summed E-state index contributed by atoms with van der Waals surface area (Å²) in [7, 11) is -3.35. The van der Waals surface area contributed by atoms with Crippen LogP contribution in [0.15, 0.2) is 49.2 Å². The molecule has 128 valence electrons. The lowest BCUT2D eigenvalue weighted by atomic mass is 10.1. The second-order valence-electron chi connectivity index (χ2n) is 6.09. The molecular weight excluding hydrogens is 322 g/mol. The Balaban J connectivity index is 1.79. The van der Waals surface area contributed by atoms with Crippen molar-refractivity contribution in [2.24, 2.45) is 0 Å². The van der Waals surface area contributed by atoms with Crippen LogP contribution < -0.4 is 0 Å². The molecule has 0 radical (unpaired) electrons. The number of aromatic nitrogens is 1. The Morgan fingerprint density at radius 1 is 1.12 bits per heavy atom. The van der Waals surface area contributed by atoms with Crippen molar-refractivity contribution >= 4 is 20.9 Å². The number of sulfonamides is 1. The maximum absolute atomic E-state index is 12.9. The van der Waals surface area contributed by atoms with Crippen LogP contribution in [0.5, 0.6) is 0 Å². The molecule has 6 heteroatoms. The Labute approximate surface area is 143 Å². The third-order valence-electron chi connectivity index (χ3n) is 4.38. The highest BCUT2D eigenvalue weighted by Gasteiger charge is 2.25. The number of pyridine rings is 1. The average molecular weight is 345 g/mol. The van der Waals surface area contributed by atoms with Crippen LogP contribution in [0, 0.1) is 0 Å². The van der Waals surface area contributed by atoms with Gasteiger partial charge in [0.1, 0.15) is 0 Å². The van der Waals surface area contributed by atoms with E-state index in [0.717, 1.165) is 42.5 Å². The summed E-state index contributed by atoms with van der Waals surface area (Å²) in [5, 5.41) is 0.971.